The van der Waals surface area contributed by atoms with E-state index in [2.05, 4.69) is 4.57 Å². The van der Waals surface area contributed by atoms with Gasteiger partial charge in [-0.05, 0) is 74.0 Å². The molecule has 1 saturated heterocycles. The fourth-order valence-electron chi connectivity index (χ4n) is 3.14. The molecule has 0 N–H and O–H groups in total. The molecule has 2 aromatic rings. The van der Waals surface area contributed by atoms with Gasteiger partial charge in [0.25, 0.3) is 11.1 Å². The number of aryl methyl sites for hydroxylation is 2. The Balaban J connectivity index is 2.04. The predicted molar refractivity (Wildman–Crippen MR) is 105 cm³/mol. The highest BCUT2D eigenvalue weighted by atomic mass is 32.2. The van der Waals surface area contributed by atoms with E-state index in [0.29, 0.717) is 10.5 Å². The van der Waals surface area contributed by atoms with Crippen molar-refractivity contribution in [1.82, 2.24) is 9.47 Å². The Kier molecular flexibility index (Phi) is 4.97. The minimum Gasteiger partial charge on any atom is -0.465 e. The predicted octanol–water partition coefficient (Wildman–Crippen LogP) is 3.86. The quantitative estimate of drug-likeness (QED) is 0.594. The largest absolute Gasteiger partial charge is 0.465 e. The summed E-state index contributed by atoms with van der Waals surface area (Å²) in [5.74, 6) is -0.657. The Bertz CT molecular complexity index is 1000. The third kappa shape index (κ3) is 3.30. The molecule has 3 rings (SSSR count). The van der Waals surface area contributed by atoms with Crippen LogP contribution in [0.15, 0.2) is 29.2 Å². The highest BCUT2D eigenvalue weighted by Gasteiger charge is 2.32. The molecule has 0 unspecified atom stereocenters. The van der Waals surface area contributed by atoms with E-state index in [1.165, 1.54) is 14.2 Å². The molecule has 7 heteroatoms. The molecule has 140 valence electrons. The number of amides is 2. The summed E-state index contributed by atoms with van der Waals surface area (Å²) in [5, 5.41) is -0.269. The lowest BCUT2D eigenvalue weighted by Crippen LogP contribution is -2.22. The summed E-state index contributed by atoms with van der Waals surface area (Å²) in [5.41, 5.74) is 5.19. The molecule has 2 heterocycles. The van der Waals surface area contributed by atoms with Gasteiger partial charge in [-0.15, -0.1) is 0 Å². The summed E-state index contributed by atoms with van der Waals surface area (Å²) < 4.78 is 6.84. The van der Waals surface area contributed by atoms with Crippen molar-refractivity contribution in [1.29, 1.82) is 0 Å². The Morgan fingerprint density at radius 1 is 1.15 bits per heavy atom. The molecule has 0 bridgehead atoms. The van der Waals surface area contributed by atoms with E-state index >= 15 is 0 Å². The molecule has 0 spiro atoms. The number of benzene rings is 1. The first kappa shape index (κ1) is 19.0. The van der Waals surface area contributed by atoms with E-state index < -0.39 is 0 Å². The van der Waals surface area contributed by atoms with Crippen LogP contribution in [0.3, 0.4) is 0 Å². The average molecular weight is 384 g/mol. The van der Waals surface area contributed by atoms with E-state index in [0.717, 1.165) is 44.9 Å². The van der Waals surface area contributed by atoms with Crippen molar-refractivity contribution in [3.8, 4) is 5.69 Å². The standard InChI is InChI=1S/C20H20N2O4S/c1-11-8-14(19(24)26-5)6-7-16(11)22-12(2)9-15(13(22)3)10-17-18(23)21(4)20(25)27-17/h6-10H,1-5H3/b17-10-. The van der Waals surface area contributed by atoms with Gasteiger partial charge in [0.1, 0.15) is 0 Å². The number of aromatic nitrogens is 1. The van der Waals surface area contributed by atoms with Crippen LogP contribution in [0, 0.1) is 20.8 Å². The number of hydrogen-bond acceptors (Lipinski definition) is 5. The molecule has 0 atom stereocenters. The Hall–Kier alpha value is -2.80. The molecule has 0 radical (unpaired) electrons. The topological polar surface area (TPSA) is 68.6 Å². The number of rotatable bonds is 3. The molecule has 1 aromatic carbocycles. The first-order valence-electron chi connectivity index (χ1n) is 8.34. The number of likely N-dealkylation sites (N-methyl/N-ethyl adjacent to an activating group) is 1. The van der Waals surface area contributed by atoms with Crippen LogP contribution in [-0.2, 0) is 9.53 Å². The normalized spacial score (nSPS) is 15.7. The SMILES string of the molecule is COC(=O)c1ccc(-n2c(C)cc(/C=C3\SC(=O)N(C)C3=O)c2C)c(C)c1. The zero-order chi connectivity index (χ0) is 19.9. The Labute approximate surface area is 161 Å². The van der Waals surface area contributed by atoms with Crippen molar-refractivity contribution in [2.45, 2.75) is 20.8 Å². The second-order valence-electron chi connectivity index (χ2n) is 6.40. The van der Waals surface area contributed by atoms with Crippen LogP contribution in [-0.4, -0.2) is 40.7 Å². The maximum absolute atomic E-state index is 12.1. The highest BCUT2D eigenvalue weighted by Crippen LogP contribution is 2.33. The fourth-order valence-corrected chi connectivity index (χ4v) is 3.96. The lowest BCUT2D eigenvalue weighted by atomic mass is 10.1. The molecule has 1 fully saturated rings. The summed E-state index contributed by atoms with van der Waals surface area (Å²) in [6.07, 6.45) is 1.76. The van der Waals surface area contributed by atoms with Crippen LogP contribution in [0.25, 0.3) is 11.8 Å². The van der Waals surface area contributed by atoms with Gasteiger partial charge < -0.3 is 9.30 Å². The van der Waals surface area contributed by atoms with Gasteiger partial charge in [0, 0.05) is 24.1 Å². The maximum Gasteiger partial charge on any atom is 0.337 e. The molecule has 1 aliphatic rings. The van der Waals surface area contributed by atoms with Crippen molar-refractivity contribution in [2.24, 2.45) is 0 Å². The van der Waals surface area contributed by atoms with Crippen LogP contribution in [0.2, 0.25) is 0 Å². The third-order valence-corrected chi connectivity index (χ3v) is 5.56. The van der Waals surface area contributed by atoms with Gasteiger partial charge in [0.15, 0.2) is 0 Å². The number of ether oxygens (including phenoxy) is 1. The van der Waals surface area contributed by atoms with Gasteiger partial charge in [0.2, 0.25) is 0 Å². The lowest BCUT2D eigenvalue weighted by Gasteiger charge is -2.14. The van der Waals surface area contributed by atoms with Crippen LogP contribution in [0.1, 0.15) is 32.9 Å². The summed E-state index contributed by atoms with van der Waals surface area (Å²) >= 11 is 0.945. The van der Waals surface area contributed by atoms with Crippen molar-refractivity contribution >= 4 is 35.0 Å². The summed E-state index contributed by atoms with van der Waals surface area (Å²) in [6, 6.07) is 7.38. The summed E-state index contributed by atoms with van der Waals surface area (Å²) in [4.78, 5) is 37.1. The number of hydrogen-bond donors (Lipinski definition) is 0. The van der Waals surface area contributed by atoms with E-state index in [1.54, 1.807) is 18.2 Å². The van der Waals surface area contributed by atoms with Gasteiger partial charge in [-0.25, -0.2) is 4.79 Å². The second-order valence-corrected chi connectivity index (χ2v) is 7.39. The first-order chi connectivity index (χ1) is 12.7. The van der Waals surface area contributed by atoms with E-state index in [1.807, 2.05) is 32.9 Å². The Morgan fingerprint density at radius 2 is 1.85 bits per heavy atom. The van der Waals surface area contributed by atoms with Crippen LogP contribution in [0.5, 0.6) is 0 Å². The fraction of sp³-hybridized carbons (Fsp3) is 0.250. The van der Waals surface area contributed by atoms with Crippen LogP contribution >= 0.6 is 11.8 Å². The molecule has 1 aliphatic heterocycles. The number of esters is 1. The molecule has 0 aliphatic carbocycles. The molecule has 6 nitrogen and oxygen atoms in total. The molecule has 1 aromatic heterocycles. The minimum atomic E-state index is -0.374. The Morgan fingerprint density at radius 3 is 2.41 bits per heavy atom. The number of imide groups is 1. The monoisotopic (exact) mass is 384 g/mol. The molecule has 27 heavy (non-hydrogen) atoms. The van der Waals surface area contributed by atoms with Crippen LogP contribution < -0.4 is 0 Å². The smallest absolute Gasteiger partial charge is 0.337 e. The minimum absolute atomic E-state index is 0.269. The lowest BCUT2D eigenvalue weighted by molar-refractivity contribution is -0.121. The average Bonchev–Trinajstić information content (AvgIpc) is 3.05. The number of nitrogens with zero attached hydrogens (tertiary/aromatic N) is 2. The van der Waals surface area contributed by atoms with Gasteiger partial charge in [-0.3, -0.25) is 14.5 Å². The number of carbonyl (C=O) groups is 3. The maximum atomic E-state index is 12.1. The zero-order valence-electron chi connectivity index (χ0n) is 15.8. The highest BCUT2D eigenvalue weighted by molar-refractivity contribution is 8.18. The number of methoxy groups -OCH3 is 1. The van der Waals surface area contributed by atoms with Gasteiger partial charge in [-0.2, -0.15) is 0 Å². The van der Waals surface area contributed by atoms with Crippen molar-refractivity contribution in [2.75, 3.05) is 14.2 Å². The summed E-state index contributed by atoms with van der Waals surface area (Å²) in [7, 11) is 2.84. The molecular formula is C20H20N2O4S. The van der Waals surface area contributed by atoms with Crippen LogP contribution in [0.4, 0.5) is 4.79 Å². The molecule has 0 saturated carbocycles. The van der Waals surface area contributed by atoms with Gasteiger partial charge in [-0.1, -0.05) is 0 Å². The van der Waals surface area contributed by atoms with E-state index in [9.17, 15) is 14.4 Å². The van der Waals surface area contributed by atoms with Gasteiger partial charge >= 0.3 is 5.97 Å². The molecular weight excluding hydrogens is 364 g/mol. The second kappa shape index (κ2) is 7.08. The summed E-state index contributed by atoms with van der Waals surface area (Å²) in [6.45, 7) is 5.87. The first-order valence-corrected chi connectivity index (χ1v) is 9.16. The van der Waals surface area contributed by atoms with Crippen molar-refractivity contribution in [3.63, 3.8) is 0 Å². The van der Waals surface area contributed by atoms with Crippen molar-refractivity contribution in [3.05, 3.63) is 57.2 Å². The van der Waals surface area contributed by atoms with Crippen molar-refractivity contribution < 1.29 is 19.1 Å². The van der Waals surface area contributed by atoms with E-state index in [-0.39, 0.29) is 17.1 Å². The van der Waals surface area contributed by atoms with E-state index in [4.69, 9.17) is 4.74 Å². The third-order valence-electron chi connectivity index (χ3n) is 4.60. The number of thioether (sulfide) groups is 1. The van der Waals surface area contributed by atoms with Gasteiger partial charge in [0.05, 0.1) is 17.6 Å². The zero-order valence-corrected chi connectivity index (χ0v) is 16.6. The number of carbonyl (C=O) groups excluding carboxylic acids is 3. The molecule has 2 amide bonds.